The van der Waals surface area contributed by atoms with Crippen molar-refractivity contribution in [2.75, 3.05) is 6.54 Å². The molecule has 3 N–H and O–H groups in total. The quantitative estimate of drug-likeness (QED) is 0.424. The number of nitriles is 1. The molecule has 0 aromatic heterocycles. The second-order valence-corrected chi connectivity index (χ2v) is 1.93. The zero-order valence-corrected chi connectivity index (χ0v) is 5.96. The van der Waals surface area contributed by atoms with Crippen molar-refractivity contribution in [2.24, 2.45) is 5.73 Å². The molecule has 5 heteroatoms. The van der Waals surface area contributed by atoms with Crippen LogP contribution in [0.4, 0.5) is 4.79 Å². The Balaban J connectivity index is 3.23. The van der Waals surface area contributed by atoms with Gasteiger partial charge in [0, 0.05) is 13.0 Å². The lowest BCUT2D eigenvalue weighted by molar-refractivity contribution is -0.114. The van der Waals surface area contributed by atoms with Gasteiger partial charge in [0.25, 0.3) is 0 Å². The van der Waals surface area contributed by atoms with Gasteiger partial charge in [-0.25, -0.2) is 4.79 Å². The third-order valence-electron chi connectivity index (χ3n) is 1.00. The number of nitrogens with one attached hydrogen (secondary N) is 1. The van der Waals surface area contributed by atoms with E-state index in [2.05, 4.69) is 5.32 Å². The number of ketones is 1. The number of rotatable bonds is 4. The lowest BCUT2D eigenvalue weighted by Gasteiger charge is -1.97. The van der Waals surface area contributed by atoms with Crippen LogP contribution in [0.2, 0.25) is 0 Å². The first-order valence-corrected chi connectivity index (χ1v) is 3.13. The second-order valence-electron chi connectivity index (χ2n) is 1.93. The Labute approximate surface area is 64.2 Å². The maximum absolute atomic E-state index is 10.4. The van der Waals surface area contributed by atoms with Crippen molar-refractivity contribution in [2.45, 2.75) is 12.8 Å². The summed E-state index contributed by atoms with van der Waals surface area (Å²) in [5.41, 5.74) is 4.74. The highest BCUT2D eigenvalue weighted by molar-refractivity contribution is 5.93. The number of nitrogens with two attached hydrogens (primary N) is 1. The molecule has 0 atom stereocenters. The Morgan fingerprint density at radius 1 is 1.55 bits per heavy atom. The molecule has 0 rings (SSSR count). The van der Waals surface area contributed by atoms with E-state index in [0.29, 0.717) is 13.0 Å². The molecule has 0 saturated heterocycles. The Morgan fingerprint density at radius 3 is 2.64 bits per heavy atom. The first kappa shape index (κ1) is 9.43. The monoisotopic (exact) mass is 155 g/mol. The van der Waals surface area contributed by atoms with Crippen molar-refractivity contribution in [1.29, 1.82) is 5.26 Å². The van der Waals surface area contributed by atoms with Gasteiger partial charge in [-0.2, -0.15) is 5.26 Å². The third kappa shape index (κ3) is 6.31. The molecule has 0 bridgehead atoms. The molecule has 5 nitrogen and oxygen atoms in total. The summed E-state index contributed by atoms with van der Waals surface area (Å²) in [5.74, 6) is -0.476. The van der Waals surface area contributed by atoms with Gasteiger partial charge in [-0.3, -0.25) is 4.79 Å². The van der Waals surface area contributed by atoms with Crippen LogP contribution in [0.1, 0.15) is 12.8 Å². The van der Waals surface area contributed by atoms with Crippen molar-refractivity contribution in [3.8, 4) is 6.07 Å². The van der Waals surface area contributed by atoms with E-state index in [4.69, 9.17) is 11.0 Å². The summed E-state index contributed by atoms with van der Waals surface area (Å²) in [6.45, 7) is 0.336. The number of primary amides is 1. The van der Waals surface area contributed by atoms with Crippen molar-refractivity contribution in [1.82, 2.24) is 5.32 Å². The molecular formula is C6H9N3O2. The molecule has 0 saturated carbocycles. The van der Waals surface area contributed by atoms with Crippen molar-refractivity contribution >= 4 is 11.8 Å². The largest absolute Gasteiger partial charge is 0.352 e. The summed E-state index contributed by atoms with van der Waals surface area (Å²) in [5, 5.41) is 10.3. The zero-order chi connectivity index (χ0) is 8.69. The standard InChI is InChI=1S/C6H9N3O2/c7-4-5(10)2-1-3-9-6(8)11/h1-3H2,(H3,8,9,11). The van der Waals surface area contributed by atoms with Crippen molar-refractivity contribution < 1.29 is 9.59 Å². The molecular weight excluding hydrogens is 146 g/mol. The molecule has 0 fully saturated rings. The fourth-order valence-electron chi connectivity index (χ4n) is 0.516. The highest BCUT2D eigenvalue weighted by Gasteiger charge is 1.98. The van der Waals surface area contributed by atoms with Crippen LogP contribution in [-0.2, 0) is 4.79 Å². The minimum absolute atomic E-state index is 0.163. The van der Waals surface area contributed by atoms with Gasteiger partial charge in [0.05, 0.1) is 0 Å². The van der Waals surface area contributed by atoms with Gasteiger partial charge < -0.3 is 11.1 Å². The average Bonchev–Trinajstić information content (AvgIpc) is 1.97. The van der Waals surface area contributed by atoms with Crippen LogP contribution in [0.3, 0.4) is 0 Å². The van der Waals surface area contributed by atoms with Gasteiger partial charge in [0.15, 0.2) is 0 Å². The number of carbonyl (C=O) groups is 2. The zero-order valence-electron chi connectivity index (χ0n) is 5.96. The van der Waals surface area contributed by atoms with Gasteiger partial charge in [-0.05, 0) is 6.42 Å². The van der Waals surface area contributed by atoms with E-state index in [-0.39, 0.29) is 6.42 Å². The lowest BCUT2D eigenvalue weighted by atomic mass is 10.2. The van der Waals surface area contributed by atoms with E-state index >= 15 is 0 Å². The summed E-state index contributed by atoms with van der Waals surface area (Å²) in [6, 6.07) is 0.854. The number of Topliss-reactive ketones (excluding diaryl/α,β-unsaturated/α-hetero) is 1. The highest BCUT2D eigenvalue weighted by Crippen LogP contribution is 1.86. The highest BCUT2D eigenvalue weighted by atomic mass is 16.2. The molecule has 0 aromatic rings. The molecule has 0 spiro atoms. The fraction of sp³-hybridized carbons (Fsp3) is 0.500. The van der Waals surface area contributed by atoms with Gasteiger partial charge >= 0.3 is 6.03 Å². The van der Waals surface area contributed by atoms with E-state index < -0.39 is 11.8 Å². The maximum Gasteiger partial charge on any atom is 0.312 e. The Bertz CT molecular complexity index is 194. The number of nitrogens with zero attached hydrogens (tertiary/aromatic N) is 1. The molecule has 0 aliphatic heterocycles. The summed E-state index contributed by atoms with van der Waals surface area (Å²) in [6.07, 6.45) is 0.617. The van der Waals surface area contributed by atoms with Crippen LogP contribution in [0.5, 0.6) is 0 Å². The predicted octanol–water partition coefficient (Wildman–Crippen LogP) is -0.472. The van der Waals surface area contributed by atoms with E-state index in [0.717, 1.165) is 0 Å². The van der Waals surface area contributed by atoms with Gasteiger partial charge in [-0.1, -0.05) is 0 Å². The minimum Gasteiger partial charge on any atom is -0.352 e. The summed E-state index contributed by atoms with van der Waals surface area (Å²) >= 11 is 0. The minimum atomic E-state index is -0.616. The third-order valence-corrected chi connectivity index (χ3v) is 1.00. The molecule has 60 valence electrons. The maximum atomic E-state index is 10.4. The molecule has 0 unspecified atom stereocenters. The number of urea groups is 1. The molecule has 0 aromatic carbocycles. The van der Waals surface area contributed by atoms with Crippen LogP contribution in [0.15, 0.2) is 0 Å². The van der Waals surface area contributed by atoms with Crippen LogP contribution in [0.25, 0.3) is 0 Å². The summed E-state index contributed by atoms with van der Waals surface area (Å²) in [4.78, 5) is 20.4. The van der Waals surface area contributed by atoms with E-state index in [1.165, 1.54) is 6.07 Å². The molecule has 11 heavy (non-hydrogen) atoms. The summed E-state index contributed by atoms with van der Waals surface area (Å²) < 4.78 is 0. The van der Waals surface area contributed by atoms with E-state index in [1.807, 2.05) is 0 Å². The van der Waals surface area contributed by atoms with E-state index in [9.17, 15) is 9.59 Å². The second kappa shape index (κ2) is 5.23. The van der Waals surface area contributed by atoms with Crippen LogP contribution in [-0.4, -0.2) is 18.4 Å². The molecule has 0 heterocycles. The first-order chi connectivity index (χ1) is 5.16. The van der Waals surface area contributed by atoms with Gasteiger partial charge in [0.1, 0.15) is 6.07 Å². The van der Waals surface area contributed by atoms with Crippen LogP contribution >= 0.6 is 0 Å². The molecule has 0 radical (unpaired) electrons. The first-order valence-electron chi connectivity index (χ1n) is 3.13. The van der Waals surface area contributed by atoms with Gasteiger partial charge in [0.2, 0.25) is 5.78 Å². The number of amides is 2. The summed E-state index contributed by atoms with van der Waals surface area (Å²) in [7, 11) is 0. The Hall–Kier alpha value is -1.57. The van der Waals surface area contributed by atoms with Gasteiger partial charge in [-0.15, -0.1) is 0 Å². The Kier molecular flexibility index (Phi) is 4.49. The lowest BCUT2D eigenvalue weighted by Crippen LogP contribution is -2.30. The van der Waals surface area contributed by atoms with Crippen LogP contribution < -0.4 is 11.1 Å². The number of carbonyl (C=O) groups excluding carboxylic acids is 2. The normalized spacial score (nSPS) is 8.27. The fourth-order valence-corrected chi connectivity index (χ4v) is 0.516. The smallest absolute Gasteiger partial charge is 0.312 e. The Morgan fingerprint density at radius 2 is 2.18 bits per heavy atom. The molecule has 0 aliphatic rings. The predicted molar refractivity (Wildman–Crippen MR) is 37.4 cm³/mol. The number of hydrogen-bond donors (Lipinski definition) is 2. The van der Waals surface area contributed by atoms with Crippen LogP contribution in [0, 0.1) is 11.3 Å². The van der Waals surface area contributed by atoms with E-state index in [1.54, 1.807) is 0 Å². The van der Waals surface area contributed by atoms with Crippen molar-refractivity contribution in [3.05, 3.63) is 0 Å². The number of hydrogen-bond acceptors (Lipinski definition) is 3. The SMILES string of the molecule is N#CC(=O)CCCNC(N)=O. The molecule has 0 aliphatic carbocycles. The topological polar surface area (TPSA) is 96.0 Å². The average molecular weight is 155 g/mol. The molecule has 2 amide bonds. The van der Waals surface area contributed by atoms with Crippen molar-refractivity contribution in [3.63, 3.8) is 0 Å².